The van der Waals surface area contributed by atoms with Crippen LogP contribution in [0.15, 0.2) is 42.5 Å². The van der Waals surface area contributed by atoms with Gasteiger partial charge in [0.15, 0.2) is 6.61 Å². The molecule has 0 aliphatic carbocycles. The highest BCUT2D eigenvalue weighted by molar-refractivity contribution is 5.97. The van der Waals surface area contributed by atoms with Crippen LogP contribution < -0.4 is 14.4 Å². The maximum Gasteiger partial charge on any atom is 0.410 e. The van der Waals surface area contributed by atoms with E-state index in [0.29, 0.717) is 62.8 Å². The second kappa shape index (κ2) is 13.9. The number of carbonyl (C=O) groups is 3. The van der Waals surface area contributed by atoms with E-state index in [-0.39, 0.29) is 49.9 Å². The number of carbonyl (C=O) groups excluding carboxylic acids is 2. The van der Waals surface area contributed by atoms with Crippen molar-refractivity contribution in [2.45, 2.75) is 63.9 Å². The SMILES string of the molecule is COCCCN1C(=O)COc2ccc(COC3CN(C(=O)O)CCC3c3ccc(OC4CN(C(=O)OC(C)(C)C)C4)cc3)cc21. The summed E-state index contributed by atoms with van der Waals surface area (Å²) in [5, 5.41) is 9.69. The molecular formula is C33H43N3O9. The molecule has 0 radical (unpaired) electrons. The first-order valence-corrected chi connectivity index (χ1v) is 15.4. The standard InChI is InChI=1S/C33H43N3O9/c1-33(2,3)45-32(40)35-17-25(18-35)44-24-9-7-23(8-10-24)26-12-14-34(31(38)39)19-29(26)42-20-22-6-11-28-27(16-22)36(13-5-15-41-4)30(37)21-43-28/h6-11,16,25-26,29H,5,12-15,17-21H2,1-4H3,(H,38,39). The number of hydrogen-bond acceptors (Lipinski definition) is 8. The third-order valence-corrected chi connectivity index (χ3v) is 8.10. The number of benzene rings is 2. The van der Waals surface area contributed by atoms with Crippen LogP contribution in [0, 0.1) is 0 Å². The molecule has 2 unspecified atom stereocenters. The molecule has 3 amide bonds. The molecule has 2 saturated heterocycles. The van der Waals surface area contributed by atoms with Crippen molar-refractivity contribution in [3.8, 4) is 11.5 Å². The maximum absolute atomic E-state index is 12.6. The highest BCUT2D eigenvalue weighted by atomic mass is 16.6. The lowest BCUT2D eigenvalue weighted by molar-refractivity contribution is -0.121. The average molecular weight is 626 g/mol. The minimum atomic E-state index is -0.970. The molecule has 0 aromatic heterocycles. The van der Waals surface area contributed by atoms with Gasteiger partial charge in [-0.3, -0.25) is 4.79 Å². The summed E-state index contributed by atoms with van der Waals surface area (Å²) in [4.78, 5) is 41.4. The Morgan fingerprint density at radius 1 is 1.04 bits per heavy atom. The Morgan fingerprint density at radius 3 is 2.49 bits per heavy atom. The molecule has 2 atom stereocenters. The number of amides is 3. The predicted octanol–water partition coefficient (Wildman–Crippen LogP) is 4.50. The molecule has 3 aliphatic rings. The third kappa shape index (κ3) is 8.17. The lowest BCUT2D eigenvalue weighted by atomic mass is 9.87. The number of rotatable bonds is 10. The van der Waals surface area contributed by atoms with Crippen LogP contribution in [0.2, 0.25) is 0 Å². The van der Waals surface area contributed by atoms with Crippen molar-refractivity contribution in [2.75, 3.05) is 57.9 Å². The molecule has 3 heterocycles. The molecule has 45 heavy (non-hydrogen) atoms. The summed E-state index contributed by atoms with van der Waals surface area (Å²) in [6, 6.07) is 13.5. The number of fused-ring (bicyclic) bond motifs is 1. The zero-order valence-corrected chi connectivity index (χ0v) is 26.4. The number of anilines is 1. The summed E-state index contributed by atoms with van der Waals surface area (Å²) >= 11 is 0. The van der Waals surface area contributed by atoms with E-state index in [1.807, 2.05) is 63.2 Å². The number of hydrogen-bond donors (Lipinski definition) is 1. The van der Waals surface area contributed by atoms with E-state index in [2.05, 4.69) is 0 Å². The van der Waals surface area contributed by atoms with E-state index < -0.39 is 11.7 Å². The van der Waals surface area contributed by atoms with Crippen LogP contribution in [0.25, 0.3) is 0 Å². The van der Waals surface area contributed by atoms with Crippen molar-refractivity contribution in [3.63, 3.8) is 0 Å². The maximum atomic E-state index is 12.6. The van der Waals surface area contributed by atoms with Gasteiger partial charge in [-0.05, 0) is 69.0 Å². The second-order valence-corrected chi connectivity index (χ2v) is 12.6. The monoisotopic (exact) mass is 625 g/mol. The first-order chi connectivity index (χ1) is 21.5. The van der Waals surface area contributed by atoms with Crippen LogP contribution in [-0.2, 0) is 25.6 Å². The van der Waals surface area contributed by atoms with E-state index in [0.717, 1.165) is 11.1 Å². The molecule has 12 heteroatoms. The number of nitrogens with zero attached hydrogens (tertiary/aromatic N) is 3. The van der Waals surface area contributed by atoms with E-state index in [9.17, 15) is 19.5 Å². The van der Waals surface area contributed by atoms with Gasteiger partial charge in [-0.1, -0.05) is 18.2 Å². The minimum Gasteiger partial charge on any atom is -0.487 e. The summed E-state index contributed by atoms with van der Waals surface area (Å²) in [6.07, 6.45) is -0.471. The molecule has 244 valence electrons. The van der Waals surface area contributed by atoms with Gasteiger partial charge in [0.05, 0.1) is 38.0 Å². The van der Waals surface area contributed by atoms with Gasteiger partial charge in [0.2, 0.25) is 0 Å². The van der Waals surface area contributed by atoms with Crippen LogP contribution in [0.4, 0.5) is 15.3 Å². The van der Waals surface area contributed by atoms with Gasteiger partial charge in [0.25, 0.3) is 5.91 Å². The summed E-state index contributed by atoms with van der Waals surface area (Å²) in [5.74, 6) is 1.22. The van der Waals surface area contributed by atoms with Gasteiger partial charge in [-0.15, -0.1) is 0 Å². The van der Waals surface area contributed by atoms with Gasteiger partial charge < -0.3 is 43.5 Å². The van der Waals surface area contributed by atoms with Gasteiger partial charge in [0, 0.05) is 32.7 Å². The van der Waals surface area contributed by atoms with Crippen LogP contribution >= 0.6 is 0 Å². The summed E-state index contributed by atoms with van der Waals surface area (Å²) in [5.41, 5.74) is 2.06. The quantitative estimate of drug-likeness (QED) is 0.380. The summed E-state index contributed by atoms with van der Waals surface area (Å²) in [6.45, 7) is 8.43. The molecule has 0 saturated carbocycles. The van der Waals surface area contributed by atoms with Gasteiger partial charge in [-0.25, -0.2) is 9.59 Å². The Labute approximate surface area is 263 Å². The summed E-state index contributed by atoms with van der Waals surface area (Å²) < 4.78 is 28.7. The molecule has 2 fully saturated rings. The molecule has 2 aromatic carbocycles. The molecule has 0 spiro atoms. The van der Waals surface area contributed by atoms with Crippen molar-refractivity contribution in [2.24, 2.45) is 0 Å². The molecule has 12 nitrogen and oxygen atoms in total. The van der Waals surface area contributed by atoms with Crippen molar-refractivity contribution in [1.29, 1.82) is 0 Å². The minimum absolute atomic E-state index is 0.000378. The molecule has 1 N–H and O–H groups in total. The fraction of sp³-hybridized carbons (Fsp3) is 0.545. The largest absolute Gasteiger partial charge is 0.487 e. The first-order valence-electron chi connectivity index (χ1n) is 15.4. The van der Waals surface area contributed by atoms with E-state index >= 15 is 0 Å². The first kappa shape index (κ1) is 32.4. The summed E-state index contributed by atoms with van der Waals surface area (Å²) in [7, 11) is 1.63. The normalized spacial score (nSPS) is 20.3. The van der Waals surface area contributed by atoms with Crippen LogP contribution in [0.3, 0.4) is 0 Å². The van der Waals surface area contributed by atoms with Crippen molar-refractivity contribution in [1.82, 2.24) is 9.80 Å². The molecule has 3 aliphatic heterocycles. The van der Waals surface area contributed by atoms with Crippen molar-refractivity contribution < 1.29 is 43.2 Å². The van der Waals surface area contributed by atoms with Crippen LogP contribution in [-0.4, -0.2) is 104 Å². The Kier molecular flexibility index (Phi) is 10.0. The van der Waals surface area contributed by atoms with Crippen LogP contribution in [0.5, 0.6) is 11.5 Å². The third-order valence-electron chi connectivity index (χ3n) is 8.10. The molecular weight excluding hydrogens is 582 g/mol. The number of methoxy groups -OCH3 is 1. The second-order valence-electron chi connectivity index (χ2n) is 12.6. The Bertz CT molecular complexity index is 1350. The van der Waals surface area contributed by atoms with Crippen molar-refractivity contribution >= 4 is 23.8 Å². The highest BCUT2D eigenvalue weighted by Gasteiger charge is 2.36. The van der Waals surface area contributed by atoms with Gasteiger partial charge in [-0.2, -0.15) is 0 Å². The highest BCUT2D eigenvalue weighted by Crippen LogP contribution is 2.35. The fourth-order valence-corrected chi connectivity index (χ4v) is 5.77. The fourth-order valence-electron chi connectivity index (χ4n) is 5.77. The number of ether oxygens (including phenoxy) is 5. The molecule has 2 aromatic rings. The van der Waals surface area contributed by atoms with Crippen LogP contribution in [0.1, 0.15) is 50.7 Å². The van der Waals surface area contributed by atoms with E-state index in [1.54, 1.807) is 16.9 Å². The van der Waals surface area contributed by atoms with E-state index in [4.69, 9.17) is 23.7 Å². The van der Waals surface area contributed by atoms with Gasteiger partial charge in [0.1, 0.15) is 23.2 Å². The molecule has 0 bridgehead atoms. The number of likely N-dealkylation sites (tertiary alicyclic amines) is 2. The Hall–Kier alpha value is -4.03. The zero-order valence-electron chi connectivity index (χ0n) is 26.4. The predicted molar refractivity (Wildman–Crippen MR) is 165 cm³/mol. The Morgan fingerprint density at radius 2 is 1.80 bits per heavy atom. The average Bonchev–Trinajstić information content (AvgIpc) is 2.98. The smallest absolute Gasteiger partial charge is 0.410 e. The topological polar surface area (TPSA) is 127 Å². The van der Waals surface area contributed by atoms with E-state index in [1.165, 1.54) is 4.90 Å². The lowest BCUT2D eigenvalue weighted by Crippen LogP contribution is -2.57. The number of piperidine rings is 1. The Balaban J connectivity index is 1.22. The lowest BCUT2D eigenvalue weighted by Gasteiger charge is -2.39. The van der Waals surface area contributed by atoms with Crippen molar-refractivity contribution in [3.05, 3.63) is 53.6 Å². The molecule has 5 rings (SSSR count). The zero-order chi connectivity index (χ0) is 32.1. The van der Waals surface area contributed by atoms with Gasteiger partial charge >= 0.3 is 12.2 Å². The number of carboxylic acid groups (broad SMARTS) is 1.